The number of nitrogens with two attached hydrogens (primary N) is 1. The number of phenolic OH excluding ortho intramolecular Hbond substituents is 1. The van der Waals surface area contributed by atoms with E-state index in [1.54, 1.807) is 36.4 Å². The maximum absolute atomic E-state index is 12.4. The third-order valence-corrected chi connectivity index (χ3v) is 3.91. The Bertz CT molecular complexity index is 803. The van der Waals surface area contributed by atoms with Gasteiger partial charge in [-0.25, -0.2) is 0 Å². The summed E-state index contributed by atoms with van der Waals surface area (Å²) in [5.74, 6) is -0.718. The van der Waals surface area contributed by atoms with Crippen LogP contribution in [0.4, 0.5) is 5.69 Å². The van der Waals surface area contributed by atoms with Crippen LogP contribution in [0.25, 0.3) is 0 Å². The molecule has 7 heteroatoms. The van der Waals surface area contributed by atoms with Gasteiger partial charge in [0.1, 0.15) is 17.5 Å². The Hall–Kier alpha value is -3.35. The molecule has 1 aliphatic heterocycles. The highest BCUT2D eigenvalue weighted by atomic mass is 16.3. The highest BCUT2D eigenvalue weighted by molar-refractivity contribution is 6.40. The Kier molecular flexibility index (Phi) is 4.65. The van der Waals surface area contributed by atoms with Gasteiger partial charge in [-0.05, 0) is 29.8 Å². The van der Waals surface area contributed by atoms with E-state index in [2.05, 4.69) is 10.4 Å². The van der Waals surface area contributed by atoms with Gasteiger partial charge < -0.3 is 16.2 Å². The molecule has 128 valence electrons. The Morgan fingerprint density at radius 3 is 2.48 bits per heavy atom. The van der Waals surface area contributed by atoms with Crippen molar-refractivity contribution in [2.24, 2.45) is 10.8 Å². The topological polar surface area (TPSA) is 108 Å². The lowest BCUT2D eigenvalue weighted by Crippen LogP contribution is -2.39. The summed E-state index contributed by atoms with van der Waals surface area (Å²) in [5.41, 5.74) is 7.26. The highest BCUT2D eigenvalue weighted by Gasteiger charge is 2.34. The Morgan fingerprint density at radius 1 is 1.16 bits per heavy atom. The number of primary amides is 1. The van der Waals surface area contributed by atoms with E-state index in [1.165, 1.54) is 5.01 Å². The Labute approximate surface area is 144 Å². The van der Waals surface area contributed by atoms with E-state index in [0.29, 0.717) is 12.2 Å². The van der Waals surface area contributed by atoms with E-state index in [4.69, 9.17) is 5.73 Å². The zero-order chi connectivity index (χ0) is 17.8. The second-order valence-corrected chi connectivity index (χ2v) is 5.70. The smallest absolute Gasteiger partial charge is 0.267 e. The molecule has 0 bridgehead atoms. The summed E-state index contributed by atoms with van der Waals surface area (Å²) in [7, 11) is 0. The first-order chi connectivity index (χ1) is 12.0. The molecule has 0 aliphatic carbocycles. The zero-order valence-corrected chi connectivity index (χ0v) is 13.4. The molecular weight excluding hydrogens is 320 g/mol. The van der Waals surface area contributed by atoms with Crippen LogP contribution in [0.15, 0.2) is 59.7 Å². The number of nitrogens with zero attached hydrogens (tertiary/aromatic N) is 2. The predicted octanol–water partition coefficient (Wildman–Crippen LogP) is 1.13. The minimum Gasteiger partial charge on any atom is -0.508 e. The van der Waals surface area contributed by atoms with E-state index in [0.717, 1.165) is 5.56 Å². The van der Waals surface area contributed by atoms with Crippen molar-refractivity contribution in [3.63, 3.8) is 0 Å². The maximum atomic E-state index is 12.4. The average Bonchev–Trinajstić information content (AvgIpc) is 3.07. The Balaban J connectivity index is 1.71. The molecule has 0 aromatic heterocycles. The van der Waals surface area contributed by atoms with Crippen LogP contribution in [0.1, 0.15) is 12.0 Å². The van der Waals surface area contributed by atoms with Crippen LogP contribution in [0.3, 0.4) is 0 Å². The van der Waals surface area contributed by atoms with Crippen LogP contribution in [-0.4, -0.2) is 28.7 Å². The quantitative estimate of drug-likeness (QED) is 0.759. The van der Waals surface area contributed by atoms with Crippen molar-refractivity contribution in [3.05, 3.63) is 60.2 Å². The molecule has 4 N–H and O–H groups in total. The lowest BCUT2D eigenvalue weighted by atomic mass is 10.1. The van der Waals surface area contributed by atoms with Gasteiger partial charge in [0.15, 0.2) is 0 Å². The van der Waals surface area contributed by atoms with Crippen molar-refractivity contribution in [1.82, 2.24) is 5.32 Å². The minimum absolute atomic E-state index is 0.158. The number of aromatic hydroxyl groups is 1. The monoisotopic (exact) mass is 338 g/mol. The fourth-order valence-electron chi connectivity index (χ4n) is 2.59. The second-order valence-electron chi connectivity index (χ2n) is 5.70. The number of phenols is 1. The molecular formula is C18H18N4O3. The molecule has 0 spiro atoms. The summed E-state index contributed by atoms with van der Waals surface area (Å²) in [6, 6.07) is 15.0. The molecule has 3 rings (SSSR count). The highest BCUT2D eigenvalue weighted by Crippen LogP contribution is 2.24. The van der Waals surface area contributed by atoms with Gasteiger partial charge in [-0.15, -0.1) is 0 Å². The summed E-state index contributed by atoms with van der Waals surface area (Å²) >= 11 is 0. The van der Waals surface area contributed by atoms with Crippen molar-refractivity contribution in [2.45, 2.75) is 19.0 Å². The number of anilines is 1. The molecule has 2 aromatic carbocycles. The summed E-state index contributed by atoms with van der Waals surface area (Å²) < 4.78 is 0. The van der Waals surface area contributed by atoms with Gasteiger partial charge in [-0.3, -0.25) is 14.6 Å². The molecule has 25 heavy (non-hydrogen) atoms. The average molecular weight is 338 g/mol. The zero-order valence-electron chi connectivity index (χ0n) is 13.4. The van der Waals surface area contributed by atoms with E-state index in [1.807, 2.05) is 18.2 Å². The van der Waals surface area contributed by atoms with E-state index < -0.39 is 11.9 Å². The fraction of sp³-hybridized carbons (Fsp3) is 0.167. The molecule has 0 saturated carbocycles. The number of hydrazone groups is 1. The number of hydrogen-bond acceptors (Lipinski definition) is 5. The van der Waals surface area contributed by atoms with Gasteiger partial charge in [0, 0.05) is 13.0 Å². The van der Waals surface area contributed by atoms with Crippen LogP contribution in [0.5, 0.6) is 5.75 Å². The number of para-hydroxylation sites is 1. The summed E-state index contributed by atoms with van der Waals surface area (Å²) in [6.07, 6.45) is 0.158. The third kappa shape index (κ3) is 3.77. The molecule has 0 unspecified atom stereocenters. The molecule has 0 radical (unpaired) electrons. The number of nitrogens with one attached hydrogen (secondary N) is 1. The van der Waals surface area contributed by atoms with Crippen molar-refractivity contribution in [1.29, 1.82) is 0 Å². The standard InChI is InChI=1S/C18H18N4O3/c19-17(24)16-10-15(21-22(16)13-4-2-1-3-5-13)18(25)20-11-12-6-8-14(23)9-7-12/h1-9,16,23H,10-11H2,(H2,19,24)(H,20,25)/t16-/m1/s1. The maximum Gasteiger partial charge on any atom is 0.267 e. The van der Waals surface area contributed by atoms with Crippen LogP contribution in [0, 0.1) is 0 Å². The first-order valence-electron chi connectivity index (χ1n) is 7.82. The van der Waals surface area contributed by atoms with E-state index >= 15 is 0 Å². The molecule has 0 fully saturated rings. The molecule has 1 atom stereocenters. The minimum atomic E-state index is -0.683. The fourth-order valence-corrected chi connectivity index (χ4v) is 2.59. The van der Waals surface area contributed by atoms with Crippen molar-refractivity contribution < 1.29 is 14.7 Å². The molecule has 1 aliphatic rings. The molecule has 2 amide bonds. The van der Waals surface area contributed by atoms with Crippen molar-refractivity contribution in [2.75, 3.05) is 5.01 Å². The van der Waals surface area contributed by atoms with Gasteiger partial charge in [0.05, 0.1) is 5.69 Å². The first-order valence-corrected chi connectivity index (χ1v) is 7.82. The molecule has 7 nitrogen and oxygen atoms in total. The van der Waals surface area contributed by atoms with Crippen molar-refractivity contribution in [3.8, 4) is 5.75 Å². The van der Waals surface area contributed by atoms with E-state index in [-0.39, 0.29) is 23.8 Å². The summed E-state index contributed by atoms with van der Waals surface area (Å²) in [5, 5.41) is 17.8. The number of rotatable bonds is 5. The van der Waals surface area contributed by atoms with Crippen LogP contribution < -0.4 is 16.1 Å². The SMILES string of the molecule is NC(=O)[C@H]1CC(C(=O)NCc2ccc(O)cc2)=NN1c1ccccc1. The molecule has 0 saturated heterocycles. The normalized spacial score (nSPS) is 16.4. The number of amides is 2. The van der Waals surface area contributed by atoms with Gasteiger partial charge in [-0.2, -0.15) is 5.10 Å². The summed E-state index contributed by atoms with van der Waals surface area (Å²) in [6.45, 7) is 0.296. The van der Waals surface area contributed by atoms with E-state index in [9.17, 15) is 14.7 Å². The number of benzene rings is 2. The largest absolute Gasteiger partial charge is 0.508 e. The first kappa shape index (κ1) is 16.5. The number of hydrogen-bond donors (Lipinski definition) is 3. The number of carbonyl (C=O) groups excluding carboxylic acids is 2. The second kappa shape index (κ2) is 7.04. The summed E-state index contributed by atoms with van der Waals surface area (Å²) in [4.78, 5) is 24.1. The number of carbonyl (C=O) groups is 2. The van der Waals surface area contributed by atoms with Gasteiger partial charge in [0.25, 0.3) is 5.91 Å². The van der Waals surface area contributed by atoms with Crippen LogP contribution in [-0.2, 0) is 16.1 Å². The van der Waals surface area contributed by atoms with Crippen molar-refractivity contribution >= 4 is 23.2 Å². The predicted molar refractivity (Wildman–Crippen MR) is 93.9 cm³/mol. The van der Waals surface area contributed by atoms with Crippen LogP contribution >= 0.6 is 0 Å². The van der Waals surface area contributed by atoms with Gasteiger partial charge in [-0.1, -0.05) is 30.3 Å². The lowest BCUT2D eigenvalue weighted by molar-refractivity contribution is -0.119. The van der Waals surface area contributed by atoms with Crippen LogP contribution in [0.2, 0.25) is 0 Å². The lowest BCUT2D eigenvalue weighted by Gasteiger charge is -2.20. The molecule has 2 aromatic rings. The van der Waals surface area contributed by atoms with Gasteiger partial charge >= 0.3 is 0 Å². The van der Waals surface area contributed by atoms with Gasteiger partial charge in [0.2, 0.25) is 5.91 Å². The third-order valence-electron chi connectivity index (χ3n) is 3.91. The Morgan fingerprint density at radius 2 is 1.84 bits per heavy atom. The molecule has 1 heterocycles.